The molecule has 0 saturated carbocycles. The SMILES string of the molecule is CC(c1ccc(Cl)cc1)C(CN)c1cccc(Br)c1.Cl. The number of hydrogen-bond acceptors (Lipinski definition) is 1. The highest BCUT2D eigenvalue weighted by Gasteiger charge is 2.19. The van der Waals surface area contributed by atoms with Crippen LogP contribution in [0, 0.1) is 0 Å². The molecule has 0 aliphatic rings. The maximum Gasteiger partial charge on any atom is 0.0406 e. The monoisotopic (exact) mass is 373 g/mol. The molecule has 2 aromatic carbocycles. The fraction of sp³-hybridized carbons (Fsp3) is 0.250. The lowest BCUT2D eigenvalue weighted by Crippen LogP contribution is -2.18. The Morgan fingerprint density at radius 1 is 1.10 bits per heavy atom. The Morgan fingerprint density at radius 2 is 1.75 bits per heavy atom. The molecule has 0 amide bonds. The van der Waals surface area contributed by atoms with Gasteiger partial charge in [0.2, 0.25) is 0 Å². The van der Waals surface area contributed by atoms with Gasteiger partial charge in [0.05, 0.1) is 0 Å². The largest absolute Gasteiger partial charge is 0.330 e. The van der Waals surface area contributed by atoms with Crippen LogP contribution < -0.4 is 5.73 Å². The second kappa shape index (κ2) is 8.04. The van der Waals surface area contributed by atoms with E-state index < -0.39 is 0 Å². The summed E-state index contributed by atoms with van der Waals surface area (Å²) < 4.78 is 1.09. The van der Waals surface area contributed by atoms with Gasteiger partial charge in [-0.25, -0.2) is 0 Å². The van der Waals surface area contributed by atoms with Crippen molar-refractivity contribution < 1.29 is 0 Å². The predicted molar refractivity (Wildman–Crippen MR) is 93.1 cm³/mol. The Balaban J connectivity index is 0.00000200. The molecule has 2 unspecified atom stereocenters. The van der Waals surface area contributed by atoms with Gasteiger partial charge in [-0.05, 0) is 47.9 Å². The summed E-state index contributed by atoms with van der Waals surface area (Å²) in [6.07, 6.45) is 0. The van der Waals surface area contributed by atoms with Gasteiger partial charge in [-0.1, -0.05) is 58.7 Å². The van der Waals surface area contributed by atoms with E-state index in [1.54, 1.807) is 0 Å². The first-order chi connectivity index (χ1) is 9.11. The number of rotatable bonds is 4. The molecule has 4 heteroatoms. The van der Waals surface area contributed by atoms with Crippen molar-refractivity contribution in [3.8, 4) is 0 Å². The van der Waals surface area contributed by atoms with Gasteiger partial charge in [0.25, 0.3) is 0 Å². The zero-order valence-electron chi connectivity index (χ0n) is 11.2. The molecule has 2 rings (SSSR count). The Labute approximate surface area is 140 Å². The fourth-order valence-electron chi connectivity index (χ4n) is 2.36. The molecule has 0 saturated heterocycles. The number of benzene rings is 2. The maximum absolute atomic E-state index is 5.98. The van der Waals surface area contributed by atoms with Gasteiger partial charge in [-0.3, -0.25) is 0 Å². The number of hydrogen-bond donors (Lipinski definition) is 1. The average molecular weight is 375 g/mol. The van der Waals surface area contributed by atoms with Crippen molar-refractivity contribution in [2.45, 2.75) is 18.8 Å². The predicted octanol–water partition coefficient (Wildman–Crippen LogP) is 5.37. The third-order valence-corrected chi connectivity index (χ3v) is 4.28. The molecule has 1 nitrogen and oxygen atoms in total. The molecule has 0 aliphatic heterocycles. The fourth-order valence-corrected chi connectivity index (χ4v) is 2.91. The van der Waals surface area contributed by atoms with E-state index in [2.05, 4.69) is 53.2 Å². The summed E-state index contributed by atoms with van der Waals surface area (Å²) in [5.41, 5.74) is 8.51. The Kier molecular flexibility index (Phi) is 7.04. The molecule has 0 spiro atoms. The van der Waals surface area contributed by atoms with Crippen molar-refractivity contribution in [1.82, 2.24) is 0 Å². The lowest BCUT2D eigenvalue weighted by atomic mass is 9.83. The van der Waals surface area contributed by atoms with Crippen molar-refractivity contribution >= 4 is 39.9 Å². The molecule has 0 aromatic heterocycles. The van der Waals surface area contributed by atoms with E-state index in [-0.39, 0.29) is 12.4 Å². The number of halogens is 3. The van der Waals surface area contributed by atoms with E-state index in [1.165, 1.54) is 11.1 Å². The van der Waals surface area contributed by atoms with Crippen LogP contribution >= 0.6 is 39.9 Å². The quantitative estimate of drug-likeness (QED) is 0.764. The van der Waals surface area contributed by atoms with Crippen LogP contribution in [0.4, 0.5) is 0 Å². The molecule has 0 bridgehead atoms. The molecule has 2 atom stereocenters. The van der Waals surface area contributed by atoms with Crippen LogP contribution in [0.25, 0.3) is 0 Å². The first-order valence-corrected chi connectivity index (χ1v) is 7.50. The van der Waals surface area contributed by atoms with E-state index in [4.69, 9.17) is 17.3 Å². The molecule has 0 aliphatic carbocycles. The van der Waals surface area contributed by atoms with E-state index >= 15 is 0 Å². The van der Waals surface area contributed by atoms with E-state index in [1.807, 2.05) is 18.2 Å². The summed E-state index contributed by atoms with van der Waals surface area (Å²) in [4.78, 5) is 0. The summed E-state index contributed by atoms with van der Waals surface area (Å²) in [6.45, 7) is 2.84. The van der Waals surface area contributed by atoms with E-state index in [0.717, 1.165) is 9.50 Å². The Bertz CT molecular complexity index is 542. The van der Waals surface area contributed by atoms with Crippen molar-refractivity contribution in [2.75, 3.05) is 6.54 Å². The molecule has 20 heavy (non-hydrogen) atoms. The summed E-state index contributed by atoms with van der Waals surface area (Å²) in [6, 6.07) is 16.4. The molecular weight excluding hydrogens is 357 g/mol. The van der Waals surface area contributed by atoms with E-state index in [0.29, 0.717) is 18.4 Å². The average Bonchev–Trinajstić information content (AvgIpc) is 2.40. The van der Waals surface area contributed by atoms with E-state index in [9.17, 15) is 0 Å². The molecule has 2 aromatic rings. The molecule has 0 heterocycles. The van der Waals surface area contributed by atoms with Crippen LogP contribution in [0.2, 0.25) is 5.02 Å². The number of nitrogens with two attached hydrogens (primary N) is 1. The van der Waals surface area contributed by atoms with Crippen molar-refractivity contribution in [3.63, 3.8) is 0 Å². The molecule has 0 radical (unpaired) electrons. The van der Waals surface area contributed by atoms with Gasteiger partial charge in [-0.2, -0.15) is 0 Å². The maximum atomic E-state index is 5.98. The van der Waals surface area contributed by atoms with Crippen LogP contribution in [0.5, 0.6) is 0 Å². The molecular formula is C16H18BrCl2N. The lowest BCUT2D eigenvalue weighted by molar-refractivity contribution is 0.584. The molecule has 2 N–H and O–H groups in total. The Morgan fingerprint density at radius 3 is 2.30 bits per heavy atom. The van der Waals surface area contributed by atoms with Crippen LogP contribution in [-0.4, -0.2) is 6.54 Å². The second-order valence-corrected chi connectivity index (χ2v) is 6.09. The molecule has 108 valence electrons. The highest BCUT2D eigenvalue weighted by molar-refractivity contribution is 9.10. The summed E-state index contributed by atoms with van der Waals surface area (Å²) in [5.74, 6) is 0.662. The normalized spacial score (nSPS) is 13.4. The smallest absolute Gasteiger partial charge is 0.0406 e. The van der Waals surface area contributed by atoms with Crippen molar-refractivity contribution in [2.24, 2.45) is 5.73 Å². The van der Waals surface area contributed by atoms with Gasteiger partial charge in [0, 0.05) is 15.4 Å². The topological polar surface area (TPSA) is 26.0 Å². The van der Waals surface area contributed by atoms with Crippen LogP contribution in [-0.2, 0) is 0 Å². The third-order valence-electron chi connectivity index (χ3n) is 3.53. The van der Waals surface area contributed by atoms with Crippen LogP contribution in [0.3, 0.4) is 0 Å². The molecule has 0 fully saturated rings. The highest BCUT2D eigenvalue weighted by atomic mass is 79.9. The Hall–Kier alpha value is -0.540. The van der Waals surface area contributed by atoms with Crippen molar-refractivity contribution in [3.05, 3.63) is 69.2 Å². The van der Waals surface area contributed by atoms with Gasteiger partial charge in [-0.15, -0.1) is 12.4 Å². The van der Waals surface area contributed by atoms with Gasteiger partial charge < -0.3 is 5.73 Å². The third kappa shape index (κ3) is 4.23. The minimum Gasteiger partial charge on any atom is -0.330 e. The second-order valence-electron chi connectivity index (χ2n) is 4.74. The van der Waals surface area contributed by atoms with Gasteiger partial charge in [0.15, 0.2) is 0 Å². The van der Waals surface area contributed by atoms with Crippen LogP contribution in [0.15, 0.2) is 53.0 Å². The summed E-state index contributed by atoms with van der Waals surface area (Å²) in [7, 11) is 0. The van der Waals surface area contributed by atoms with Crippen LogP contribution in [0.1, 0.15) is 29.9 Å². The highest BCUT2D eigenvalue weighted by Crippen LogP contribution is 2.33. The first-order valence-electron chi connectivity index (χ1n) is 6.33. The van der Waals surface area contributed by atoms with Crippen molar-refractivity contribution in [1.29, 1.82) is 0 Å². The minimum atomic E-state index is 0. The van der Waals surface area contributed by atoms with Gasteiger partial charge in [0.1, 0.15) is 0 Å². The van der Waals surface area contributed by atoms with Gasteiger partial charge >= 0.3 is 0 Å². The summed E-state index contributed by atoms with van der Waals surface area (Å²) in [5, 5.41) is 0.766. The zero-order valence-corrected chi connectivity index (χ0v) is 14.4. The summed E-state index contributed by atoms with van der Waals surface area (Å²) >= 11 is 9.45. The zero-order chi connectivity index (χ0) is 13.8. The lowest BCUT2D eigenvalue weighted by Gasteiger charge is -2.23. The standard InChI is InChI=1S/C16H17BrClN.ClH/c1-11(12-5-7-15(18)8-6-12)16(10-19)13-3-2-4-14(17)9-13;/h2-9,11,16H,10,19H2,1H3;1H. The first kappa shape index (κ1) is 17.5. The minimum absolute atomic E-state index is 0.